The van der Waals surface area contributed by atoms with Crippen LogP contribution in [-0.4, -0.2) is 23.5 Å². The Hall–Kier alpha value is -3.15. The Kier molecular flexibility index (Phi) is 7.00. The van der Waals surface area contributed by atoms with Crippen LogP contribution in [0.4, 0.5) is 5.69 Å². The molecular formula is C21H17N3O3S2. The molecule has 0 saturated carbocycles. The first-order chi connectivity index (χ1) is 14.0. The van der Waals surface area contributed by atoms with Gasteiger partial charge in [0, 0.05) is 22.5 Å². The standard InChI is InChI=1S/C21H17N3O3S2/c1-14-12-28-21(23-14)29-13-16-4-2-3-5-18(16)20(26)27-11-19(25)24-17-8-6-15(10-22)7-9-17/h2-9,12H,11,13H2,1H3,(H,24,25). The molecule has 0 atom stereocenters. The van der Waals surface area contributed by atoms with Crippen molar-refractivity contribution in [3.8, 4) is 6.07 Å². The third-order valence-electron chi connectivity index (χ3n) is 3.82. The average molecular weight is 424 g/mol. The van der Waals surface area contributed by atoms with Gasteiger partial charge in [0.2, 0.25) is 0 Å². The largest absolute Gasteiger partial charge is 0.452 e. The van der Waals surface area contributed by atoms with Crippen molar-refractivity contribution in [2.75, 3.05) is 11.9 Å². The monoisotopic (exact) mass is 423 g/mol. The van der Waals surface area contributed by atoms with Crippen LogP contribution in [0.5, 0.6) is 0 Å². The van der Waals surface area contributed by atoms with E-state index in [0.717, 1.165) is 15.6 Å². The maximum absolute atomic E-state index is 12.5. The van der Waals surface area contributed by atoms with Crippen molar-refractivity contribution in [3.63, 3.8) is 0 Å². The molecule has 1 aromatic heterocycles. The molecule has 1 amide bonds. The normalized spacial score (nSPS) is 10.2. The number of thiazole rings is 1. The summed E-state index contributed by atoms with van der Waals surface area (Å²) in [5, 5.41) is 13.4. The minimum atomic E-state index is -0.550. The van der Waals surface area contributed by atoms with Gasteiger partial charge in [-0.2, -0.15) is 5.26 Å². The number of ether oxygens (including phenoxy) is 1. The van der Waals surface area contributed by atoms with E-state index in [1.165, 1.54) is 0 Å². The lowest BCUT2D eigenvalue weighted by atomic mass is 10.1. The van der Waals surface area contributed by atoms with E-state index in [2.05, 4.69) is 10.3 Å². The molecule has 0 aliphatic heterocycles. The summed E-state index contributed by atoms with van der Waals surface area (Å²) in [5.74, 6) is -0.421. The lowest BCUT2D eigenvalue weighted by molar-refractivity contribution is -0.119. The number of aryl methyl sites for hydroxylation is 1. The minimum Gasteiger partial charge on any atom is -0.452 e. The van der Waals surface area contributed by atoms with E-state index in [9.17, 15) is 9.59 Å². The number of thioether (sulfide) groups is 1. The first kappa shape index (κ1) is 20.6. The van der Waals surface area contributed by atoms with Crippen LogP contribution in [0.2, 0.25) is 0 Å². The van der Waals surface area contributed by atoms with Crippen LogP contribution >= 0.6 is 23.1 Å². The van der Waals surface area contributed by atoms with Gasteiger partial charge in [0.15, 0.2) is 6.61 Å². The van der Waals surface area contributed by atoms with Crippen LogP contribution in [0, 0.1) is 18.3 Å². The third kappa shape index (κ3) is 5.91. The van der Waals surface area contributed by atoms with E-state index >= 15 is 0 Å². The van der Waals surface area contributed by atoms with Crippen molar-refractivity contribution < 1.29 is 14.3 Å². The summed E-state index contributed by atoms with van der Waals surface area (Å²) in [6.45, 7) is 1.54. The molecule has 1 heterocycles. The smallest absolute Gasteiger partial charge is 0.338 e. The SMILES string of the molecule is Cc1csc(SCc2ccccc2C(=O)OCC(=O)Nc2ccc(C#N)cc2)n1. The van der Waals surface area contributed by atoms with E-state index in [4.69, 9.17) is 10.00 Å². The zero-order valence-corrected chi connectivity index (χ0v) is 17.2. The summed E-state index contributed by atoms with van der Waals surface area (Å²) in [6, 6.07) is 15.6. The van der Waals surface area contributed by atoms with Crippen molar-refractivity contribution in [3.05, 3.63) is 76.3 Å². The fourth-order valence-corrected chi connectivity index (χ4v) is 4.27. The number of benzene rings is 2. The number of carbonyl (C=O) groups excluding carboxylic acids is 2. The van der Waals surface area contributed by atoms with E-state index in [0.29, 0.717) is 22.6 Å². The minimum absolute atomic E-state index is 0.397. The van der Waals surface area contributed by atoms with Gasteiger partial charge in [0.05, 0.1) is 17.2 Å². The molecule has 0 spiro atoms. The second-order valence-corrected chi connectivity index (χ2v) is 8.09. The molecule has 3 rings (SSSR count). The maximum Gasteiger partial charge on any atom is 0.338 e. The fourth-order valence-electron chi connectivity index (χ4n) is 2.42. The zero-order chi connectivity index (χ0) is 20.6. The molecule has 8 heteroatoms. The summed E-state index contributed by atoms with van der Waals surface area (Å²) >= 11 is 3.12. The molecule has 1 N–H and O–H groups in total. The summed E-state index contributed by atoms with van der Waals surface area (Å²) in [4.78, 5) is 28.9. The first-order valence-electron chi connectivity index (χ1n) is 8.65. The molecule has 3 aromatic rings. The number of nitrogens with zero attached hydrogens (tertiary/aromatic N) is 2. The molecule has 29 heavy (non-hydrogen) atoms. The van der Waals surface area contributed by atoms with Crippen LogP contribution in [0.25, 0.3) is 0 Å². The van der Waals surface area contributed by atoms with Gasteiger partial charge in [0.25, 0.3) is 5.91 Å². The van der Waals surface area contributed by atoms with Gasteiger partial charge in [-0.1, -0.05) is 30.0 Å². The van der Waals surface area contributed by atoms with E-state index in [1.807, 2.05) is 30.5 Å². The van der Waals surface area contributed by atoms with Crippen LogP contribution < -0.4 is 5.32 Å². The lowest BCUT2D eigenvalue weighted by Gasteiger charge is -2.09. The second kappa shape index (κ2) is 9.87. The Morgan fingerprint density at radius 1 is 1.21 bits per heavy atom. The van der Waals surface area contributed by atoms with Gasteiger partial charge in [0.1, 0.15) is 4.34 Å². The number of hydrogen-bond acceptors (Lipinski definition) is 7. The van der Waals surface area contributed by atoms with Crippen LogP contribution in [-0.2, 0) is 15.3 Å². The number of hydrogen-bond donors (Lipinski definition) is 1. The van der Waals surface area contributed by atoms with Crippen molar-refractivity contribution in [1.29, 1.82) is 5.26 Å². The van der Waals surface area contributed by atoms with Crippen molar-refractivity contribution in [1.82, 2.24) is 4.98 Å². The number of anilines is 1. The molecule has 0 aliphatic carbocycles. The van der Waals surface area contributed by atoms with Gasteiger partial charge in [-0.3, -0.25) is 4.79 Å². The lowest BCUT2D eigenvalue weighted by Crippen LogP contribution is -2.21. The number of aromatic nitrogens is 1. The molecule has 0 saturated heterocycles. The molecule has 0 aliphatic rings. The van der Waals surface area contributed by atoms with E-state index in [-0.39, 0.29) is 0 Å². The molecule has 6 nitrogen and oxygen atoms in total. The van der Waals surface area contributed by atoms with Gasteiger partial charge >= 0.3 is 5.97 Å². The molecule has 146 valence electrons. The first-order valence-corrected chi connectivity index (χ1v) is 10.5. The third-order valence-corrected chi connectivity index (χ3v) is 6.01. The van der Waals surface area contributed by atoms with E-state index < -0.39 is 18.5 Å². The quantitative estimate of drug-likeness (QED) is 0.447. The summed E-state index contributed by atoms with van der Waals surface area (Å²) in [5.41, 5.74) is 3.25. The van der Waals surface area contributed by atoms with Gasteiger partial charge < -0.3 is 10.1 Å². The fraction of sp³-hybridized carbons (Fsp3) is 0.143. The summed E-state index contributed by atoms with van der Waals surface area (Å²) in [7, 11) is 0. The topological polar surface area (TPSA) is 92.1 Å². The number of esters is 1. The van der Waals surface area contributed by atoms with Crippen molar-refractivity contribution in [2.45, 2.75) is 17.0 Å². The number of nitrogens with one attached hydrogen (secondary N) is 1. The average Bonchev–Trinajstić information content (AvgIpc) is 3.16. The van der Waals surface area contributed by atoms with E-state index in [1.54, 1.807) is 59.5 Å². The number of nitriles is 1. The van der Waals surface area contributed by atoms with Crippen LogP contribution in [0.3, 0.4) is 0 Å². The van der Waals surface area contributed by atoms with Gasteiger partial charge in [-0.05, 0) is 42.8 Å². The maximum atomic E-state index is 12.5. The molecule has 0 radical (unpaired) electrons. The number of amides is 1. The van der Waals surface area contributed by atoms with Crippen LogP contribution in [0.15, 0.2) is 58.3 Å². The number of carbonyl (C=O) groups is 2. The highest BCUT2D eigenvalue weighted by atomic mass is 32.2. The highest BCUT2D eigenvalue weighted by Gasteiger charge is 2.15. The molecule has 2 aromatic carbocycles. The summed E-state index contributed by atoms with van der Waals surface area (Å²) in [6.07, 6.45) is 0. The number of rotatable bonds is 7. The van der Waals surface area contributed by atoms with Crippen LogP contribution in [0.1, 0.15) is 27.2 Å². The Morgan fingerprint density at radius 2 is 1.97 bits per heavy atom. The highest BCUT2D eigenvalue weighted by molar-refractivity contribution is 8.00. The highest BCUT2D eigenvalue weighted by Crippen LogP contribution is 2.27. The summed E-state index contributed by atoms with van der Waals surface area (Å²) < 4.78 is 6.12. The van der Waals surface area contributed by atoms with Crippen molar-refractivity contribution in [2.24, 2.45) is 0 Å². The Morgan fingerprint density at radius 3 is 2.66 bits per heavy atom. The predicted octanol–water partition coefficient (Wildman–Crippen LogP) is 4.41. The van der Waals surface area contributed by atoms with Gasteiger partial charge in [-0.15, -0.1) is 11.3 Å². The molecule has 0 fully saturated rings. The molecular weight excluding hydrogens is 406 g/mol. The Balaban J connectivity index is 1.55. The molecule has 0 bridgehead atoms. The predicted molar refractivity (Wildman–Crippen MR) is 113 cm³/mol. The Labute approximate surface area is 176 Å². The Bertz CT molecular complexity index is 1060. The molecule has 0 unspecified atom stereocenters. The van der Waals surface area contributed by atoms with Gasteiger partial charge in [-0.25, -0.2) is 9.78 Å². The van der Waals surface area contributed by atoms with Crippen molar-refractivity contribution >= 4 is 40.7 Å². The second-order valence-electron chi connectivity index (χ2n) is 6.01. The zero-order valence-electron chi connectivity index (χ0n) is 15.5.